The van der Waals surface area contributed by atoms with Crippen molar-refractivity contribution >= 4 is 16.7 Å². The Labute approximate surface area is 138 Å². The zero-order valence-corrected chi connectivity index (χ0v) is 14.0. The molecule has 2 aromatic rings. The van der Waals surface area contributed by atoms with Crippen molar-refractivity contribution in [2.45, 2.75) is 39.5 Å². The Morgan fingerprint density at radius 2 is 2.09 bits per heavy atom. The molecule has 0 aliphatic heterocycles. The number of hydrogen-bond acceptors (Lipinski definition) is 2. The zero-order chi connectivity index (χ0) is 16.2. The molecule has 3 nitrogen and oxygen atoms in total. The van der Waals surface area contributed by atoms with Crippen LogP contribution in [0, 0.1) is 5.92 Å². The molecule has 0 spiro atoms. The summed E-state index contributed by atoms with van der Waals surface area (Å²) in [5.41, 5.74) is 2.62. The van der Waals surface area contributed by atoms with Gasteiger partial charge in [0, 0.05) is 13.5 Å². The molecule has 3 heteroatoms. The van der Waals surface area contributed by atoms with E-state index in [2.05, 4.69) is 42.6 Å². The van der Waals surface area contributed by atoms with Gasteiger partial charge in [0.1, 0.15) is 5.75 Å². The summed E-state index contributed by atoms with van der Waals surface area (Å²) in [6, 6.07) is 10.9. The maximum absolute atomic E-state index is 11.1. The van der Waals surface area contributed by atoms with Crippen LogP contribution in [0.3, 0.4) is 0 Å². The fourth-order valence-electron chi connectivity index (χ4n) is 2.85. The molecule has 1 aliphatic carbocycles. The maximum atomic E-state index is 11.1. The molecule has 0 aromatic heterocycles. The normalized spacial score (nSPS) is 14.0. The fourth-order valence-corrected chi connectivity index (χ4v) is 2.85. The van der Waals surface area contributed by atoms with Gasteiger partial charge in [0.2, 0.25) is 5.91 Å². The van der Waals surface area contributed by atoms with Crippen LogP contribution in [0.5, 0.6) is 5.75 Å². The average Bonchev–Trinajstić information content (AvgIpc) is 3.36. The first-order valence-electron chi connectivity index (χ1n) is 8.58. The number of rotatable bonds is 7. The Hall–Kier alpha value is -2.03. The lowest BCUT2D eigenvalue weighted by Crippen LogP contribution is -2.22. The molecule has 0 saturated heterocycles. The molecule has 1 saturated carbocycles. The van der Waals surface area contributed by atoms with E-state index in [1.807, 2.05) is 0 Å². The Kier molecular flexibility index (Phi) is 4.85. The Morgan fingerprint density at radius 1 is 1.26 bits per heavy atom. The molecule has 0 heterocycles. The molecule has 3 rings (SSSR count). The van der Waals surface area contributed by atoms with E-state index in [-0.39, 0.29) is 5.91 Å². The first kappa shape index (κ1) is 15.9. The molecule has 0 unspecified atom stereocenters. The average molecular weight is 311 g/mol. The van der Waals surface area contributed by atoms with Gasteiger partial charge in [0.15, 0.2) is 0 Å². The van der Waals surface area contributed by atoms with Crippen molar-refractivity contribution < 1.29 is 9.53 Å². The van der Waals surface area contributed by atoms with E-state index in [4.69, 9.17) is 4.74 Å². The van der Waals surface area contributed by atoms with Gasteiger partial charge in [-0.1, -0.05) is 25.1 Å². The minimum absolute atomic E-state index is 0.0226. The van der Waals surface area contributed by atoms with Gasteiger partial charge >= 0.3 is 0 Å². The van der Waals surface area contributed by atoms with Crippen LogP contribution in [0.25, 0.3) is 10.8 Å². The molecule has 23 heavy (non-hydrogen) atoms. The largest absolute Gasteiger partial charge is 0.493 e. The van der Waals surface area contributed by atoms with Crippen LogP contribution in [0.1, 0.15) is 37.8 Å². The second-order valence-electron chi connectivity index (χ2n) is 6.48. The van der Waals surface area contributed by atoms with Crippen molar-refractivity contribution in [2.75, 3.05) is 13.2 Å². The predicted octanol–water partition coefficient (Wildman–Crippen LogP) is 3.87. The van der Waals surface area contributed by atoms with Crippen molar-refractivity contribution in [1.29, 1.82) is 0 Å². The first-order valence-corrected chi connectivity index (χ1v) is 8.58. The zero-order valence-electron chi connectivity index (χ0n) is 14.0. The second kappa shape index (κ2) is 7.03. The van der Waals surface area contributed by atoms with E-state index in [1.165, 1.54) is 34.7 Å². The molecule has 122 valence electrons. The number of ether oxygens (including phenoxy) is 1. The van der Waals surface area contributed by atoms with Crippen LogP contribution < -0.4 is 10.1 Å². The summed E-state index contributed by atoms with van der Waals surface area (Å²) in [7, 11) is 0. The van der Waals surface area contributed by atoms with Crippen molar-refractivity contribution in [1.82, 2.24) is 5.32 Å². The number of carbonyl (C=O) groups is 1. The van der Waals surface area contributed by atoms with Crippen LogP contribution in [0.4, 0.5) is 0 Å². The molecule has 1 N–H and O–H groups in total. The van der Waals surface area contributed by atoms with Gasteiger partial charge in [-0.25, -0.2) is 0 Å². The van der Waals surface area contributed by atoms with Gasteiger partial charge < -0.3 is 10.1 Å². The highest BCUT2D eigenvalue weighted by Crippen LogP contribution is 2.31. The van der Waals surface area contributed by atoms with Crippen molar-refractivity contribution in [3.8, 4) is 5.75 Å². The Balaban J connectivity index is 1.85. The summed E-state index contributed by atoms with van der Waals surface area (Å²) in [5, 5.41) is 5.38. The van der Waals surface area contributed by atoms with E-state index < -0.39 is 0 Å². The third kappa shape index (κ3) is 4.25. The lowest BCUT2D eigenvalue weighted by Gasteiger charge is -2.12. The summed E-state index contributed by atoms with van der Waals surface area (Å²) in [5.74, 6) is 1.73. The predicted molar refractivity (Wildman–Crippen MR) is 93.9 cm³/mol. The number of amides is 1. The molecule has 1 amide bonds. The van der Waals surface area contributed by atoms with E-state index in [1.54, 1.807) is 6.92 Å². The molecule has 0 bridgehead atoms. The van der Waals surface area contributed by atoms with Crippen LogP contribution in [0.2, 0.25) is 0 Å². The van der Waals surface area contributed by atoms with Gasteiger partial charge in [0.25, 0.3) is 0 Å². The third-order valence-electron chi connectivity index (χ3n) is 4.43. The van der Waals surface area contributed by atoms with Crippen LogP contribution in [0.15, 0.2) is 30.3 Å². The van der Waals surface area contributed by atoms with Crippen molar-refractivity contribution in [3.05, 3.63) is 41.5 Å². The smallest absolute Gasteiger partial charge is 0.216 e. The van der Waals surface area contributed by atoms with Crippen molar-refractivity contribution in [3.63, 3.8) is 0 Å². The lowest BCUT2D eigenvalue weighted by atomic mass is 9.97. The fraction of sp³-hybridized carbons (Fsp3) is 0.450. The van der Waals surface area contributed by atoms with Crippen LogP contribution in [-0.2, 0) is 17.6 Å². The van der Waals surface area contributed by atoms with Gasteiger partial charge in [-0.05, 0) is 65.6 Å². The maximum Gasteiger partial charge on any atom is 0.216 e. The standard InChI is InChI=1S/C20H25NO2/c1-3-15-10-17-6-7-19(23-13-16-4-5-16)12-20(17)18(11-15)8-9-21-14(2)22/h6-7,10-12,16H,3-5,8-9,13H2,1-2H3,(H,21,22). The number of nitrogens with one attached hydrogen (secondary N) is 1. The highest BCUT2D eigenvalue weighted by Gasteiger charge is 2.21. The topological polar surface area (TPSA) is 38.3 Å². The third-order valence-corrected chi connectivity index (χ3v) is 4.43. The first-order chi connectivity index (χ1) is 11.2. The monoisotopic (exact) mass is 311 g/mol. The molecule has 1 fully saturated rings. The van der Waals surface area contributed by atoms with Crippen molar-refractivity contribution in [2.24, 2.45) is 5.92 Å². The molecule has 1 aliphatic rings. The quantitative estimate of drug-likeness (QED) is 0.843. The second-order valence-corrected chi connectivity index (χ2v) is 6.48. The van der Waals surface area contributed by atoms with E-state index >= 15 is 0 Å². The summed E-state index contributed by atoms with van der Waals surface area (Å²) < 4.78 is 5.92. The van der Waals surface area contributed by atoms with E-state index in [0.717, 1.165) is 31.1 Å². The van der Waals surface area contributed by atoms with E-state index in [9.17, 15) is 4.79 Å². The van der Waals surface area contributed by atoms with E-state index in [0.29, 0.717) is 6.54 Å². The van der Waals surface area contributed by atoms with Gasteiger partial charge in [-0.3, -0.25) is 4.79 Å². The minimum Gasteiger partial charge on any atom is -0.493 e. The summed E-state index contributed by atoms with van der Waals surface area (Å²) >= 11 is 0. The van der Waals surface area contributed by atoms with Gasteiger partial charge in [-0.2, -0.15) is 0 Å². The van der Waals surface area contributed by atoms with Gasteiger partial charge in [0.05, 0.1) is 6.61 Å². The minimum atomic E-state index is 0.0226. The lowest BCUT2D eigenvalue weighted by molar-refractivity contribution is -0.118. The number of benzene rings is 2. The van der Waals surface area contributed by atoms with Crippen LogP contribution in [-0.4, -0.2) is 19.1 Å². The molecule has 0 atom stereocenters. The molecule has 2 aromatic carbocycles. The van der Waals surface area contributed by atoms with Crippen LogP contribution >= 0.6 is 0 Å². The van der Waals surface area contributed by atoms with Gasteiger partial charge in [-0.15, -0.1) is 0 Å². The molecular weight excluding hydrogens is 286 g/mol. The number of fused-ring (bicyclic) bond motifs is 1. The highest BCUT2D eigenvalue weighted by molar-refractivity contribution is 5.88. The highest BCUT2D eigenvalue weighted by atomic mass is 16.5. The SMILES string of the molecule is CCc1cc(CCNC(C)=O)c2cc(OCC3CC3)ccc2c1. The Bertz CT molecular complexity index is 704. The number of carbonyl (C=O) groups excluding carboxylic acids is 1. The number of hydrogen-bond donors (Lipinski definition) is 1. The Morgan fingerprint density at radius 3 is 2.78 bits per heavy atom. The summed E-state index contributed by atoms with van der Waals surface area (Å²) in [4.78, 5) is 11.1. The summed E-state index contributed by atoms with van der Waals surface area (Å²) in [6.07, 6.45) is 4.46. The number of aryl methyl sites for hydroxylation is 1. The molecule has 0 radical (unpaired) electrons. The summed E-state index contributed by atoms with van der Waals surface area (Å²) in [6.45, 7) is 5.24. The molecular formula is C20H25NO2.